The van der Waals surface area contributed by atoms with Gasteiger partial charge in [0.2, 0.25) is 0 Å². The van der Waals surface area contributed by atoms with Crippen molar-refractivity contribution < 1.29 is 13.2 Å². The average Bonchev–Trinajstić information content (AvgIpc) is 3.09. The highest BCUT2D eigenvalue weighted by Gasteiger charge is 2.45. The average molecular weight is 397 g/mol. The molecule has 1 saturated carbocycles. The van der Waals surface area contributed by atoms with Gasteiger partial charge in [-0.3, -0.25) is 0 Å². The van der Waals surface area contributed by atoms with E-state index in [1.165, 1.54) is 12.1 Å². The molecule has 9 heteroatoms. The third-order valence-electron chi connectivity index (χ3n) is 2.67. The Hall–Kier alpha value is 0.190. The van der Waals surface area contributed by atoms with Crippen molar-refractivity contribution in [1.82, 2.24) is 0 Å². The van der Waals surface area contributed by atoms with Crippen LogP contribution in [0.25, 0.3) is 0 Å². The summed E-state index contributed by atoms with van der Waals surface area (Å²) in [5.74, 6) is -1.05. The monoisotopic (exact) mass is 395 g/mol. The molecule has 0 radical (unpaired) electrons. The number of alkyl halides is 4. The minimum absolute atomic E-state index is 0.135. The number of nitrogens with zero attached hydrogens (tertiary/aromatic N) is 1. The van der Waals surface area contributed by atoms with Crippen LogP contribution in [0.1, 0.15) is 12.8 Å². The summed E-state index contributed by atoms with van der Waals surface area (Å²) in [5.41, 5.74) is 0.252. The van der Waals surface area contributed by atoms with Crippen LogP contribution in [-0.4, -0.2) is 22.0 Å². The van der Waals surface area contributed by atoms with Crippen LogP contribution in [0.2, 0.25) is 10.0 Å². The molecule has 116 valence electrons. The number of hydrogen-bond acceptors (Lipinski definition) is 2. The van der Waals surface area contributed by atoms with Crippen LogP contribution in [0.15, 0.2) is 22.0 Å². The molecule has 0 spiro atoms. The highest BCUT2D eigenvalue weighted by atomic mass is 35.5. The van der Waals surface area contributed by atoms with Gasteiger partial charge in [0.15, 0.2) is 0 Å². The molecule has 0 aliphatic heterocycles. The quantitative estimate of drug-likeness (QED) is 0.313. The SMILES string of the molecule is FC(F)(F)CSc1cc(/N=C(\Cl)C2(Cl)CC2)c(Cl)cc1Cl. The summed E-state index contributed by atoms with van der Waals surface area (Å²) >= 11 is 24.5. The minimum atomic E-state index is -4.29. The summed E-state index contributed by atoms with van der Waals surface area (Å²) in [6.45, 7) is 0. The highest BCUT2D eigenvalue weighted by Crippen LogP contribution is 2.46. The fraction of sp³-hybridized carbons (Fsp3) is 0.417. The van der Waals surface area contributed by atoms with Gasteiger partial charge in [-0.1, -0.05) is 34.8 Å². The second-order valence-corrected chi connectivity index (χ2v) is 7.42. The Labute approximate surface area is 143 Å². The summed E-state index contributed by atoms with van der Waals surface area (Å²) < 4.78 is 36.8. The molecular weight excluding hydrogens is 389 g/mol. The van der Waals surface area contributed by atoms with Crippen molar-refractivity contribution in [1.29, 1.82) is 0 Å². The van der Waals surface area contributed by atoms with Crippen LogP contribution >= 0.6 is 58.2 Å². The number of thioether (sulfide) groups is 1. The summed E-state index contributed by atoms with van der Waals surface area (Å²) in [7, 11) is 0. The lowest BCUT2D eigenvalue weighted by Gasteiger charge is -2.10. The number of aliphatic imine (C=N–C) groups is 1. The first kappa shape index (κ1) is 17.5. The molecule has 21 heavy (non-hydrogen) atoms. The molecule has 2 rings (SSSR count). The van der Waals surface area contributed by atoms with Gasteiger partial charge < -0.3 is 0 Å². The van der Waals surface area contributed by atoms with E-state index in [4.69, 9.17) is 46.4 Å². The summed E-state index contributed by atoms with van der Waals surface area (Å²) in [4.78, 5) is 3.68. The number of halogens is 7. The Morgan fingerprint density at radius 1 is 1.24 bits per heavy atom. The smallest absolute Gasteiger partial charge is 0.238 e. The van der Waals surface area contributed by atoms with Crippen molar-refractivity contribution in [3.8, 4) is 0 Å². The molecule has 1 aromatic rings. The zero-order chi connectivity index (χ0) is 15.8. The van der Waals surface area contributed by atoms with Crippen molar-refractivity contribution in [2.75, 3.05) is 5.75 Å². The van der Waals surface area contributed by atoms with Crippen molar-refractivity contribution in [3.63, 3.8) is 0 Å². The standard InChI is InChI=1S/C12H8Cl4F3NS/c13-6-3-7(14)9(21-5-12(17,18)19)4-8(6)20-10(15)11(16)1-2-11/h3-4H,1-2,5H2/b20-10-. The van der Waals surface area contributed by atoms with Gasteiger partial charge in [0.05, 0.1) is 26.4 Å². The van der Waals surface area contributed by atoms with Gasteiger partial charge in [-0.2, -0.15) is 13.2 Å². The van der Waals surface area contributed by atoms with E-state index in [-0.39, 0.29) is 25.8 Å². The van der Waals surface area contributed by atoms with E-state index < -0.39 is 16.8 Å². The first-order valence-electron chi connectivity index (χ1n) is 5.73. The maximum absolute atomic E-state index is 12.3. The zero-order valence-electron chi connectivity index (χ0n) is 10.3. The molecule has 0 aromatic heterocycles. The molecule has 0 unspecified atom stereocenters. The molecule has 0 bridgehead atoms. The van der Waals surface area contributed by atoms with E-state index in [2.05, 4.69) is 4.99 Å². The fourth-order valence-electron chi connectivity index (χ4n) is 1.40. The van der Waals surface area contributed by atoms with Crippen LogP contribution in [0.4, 0.5) is 18.9 Å². The Kier molecular flexibility index (Phi) is 5.31. The van der Waals surface area contributed by atoms with E-state index in [0.717, 1.165) is 0 Å². The van der Waals surface area contributed by atoms with Crippen LogP contribution < -0.4 is 0 Å². The van der Waals surface area contributed by atoms with Gasteiger partial charge in [-0.05, 0) is 25.0 Å². The second kappa shape index (κ2) is 6.36. The topological polar surface area (TPSA) is 12.4 Å². The van der Waals surface area contributed by atoms with Gasteiger partial charge in [0.1, 0.15) is 5.17 Å². The van der Waals surface area contributed by atoms with Gasteiger partial charge in [0, 0.05) is 4.90 Å². The molecule has 0 amide bonds. The van der Waals surface area contributed by atoms with Crippen LogP contribution in [0.5, 0.6) is 0 Å². The number of hydrogen-bond donors (Lipinski definition) is 0. The van der Waals surface area contributed by atoms with Crippen molar-refractivity contribution in [3.05, 3.63) is 22.2 Å². The first-order valence-corrected chi connectivity index (χ1v) is 8.23. The third kappa shape index (κ3) is 4.83. The van der Waals surface area contributed by atoms with Gasteiger partial charge in [-0.25, -0.2) is 4.99 Å². The van der Waals surface area contributed by atoms with E-state index in [1.54, 1.807) is 0 Å². The van der Waals surface area contributed by atoms with Crippen molar-refractivity contribution in [2.24, 2.45) is 4.99 Å². The summed E-state index contributed by atoms with van der Waals surface area (Å²) in [6.07, 6.45) is -2.88. The molecular formula is C12H8Cl4F3NS. The predicted octanol–water partition coefficient (Wildman–Crippen LogP) is 6.69. The van der Waals surface area contributed by atoms with Crippen LogP contribution in [-0.2, 0) is 0 Å². The van der Waals surface area contributed by atoms with E-state index in [9.17, 15) is 13.2 Å². The van der Waals surface area contributed by atoms with Crippen molar-refractivity contribution in [2.45, 2.75) is 28.8 Å². The van der Waals surface area contributed by atoms with Gasteiger partial charge in [-0.15, -0.1) is 23.4 Å². The second-order valence-electron chi connectivity index (χ2n) is 4.51. The maximum Gasteiger partial charge on any atom is 0.398 e. The van der Waals surface area contributed by atoms with Crippen LogP contribution in [0.3, 0.4) is 0 Å². The molecule has 1 aromatic carbocycles. The zero-order valence-corrected chi connectivity index (χ0v) is 14.1. The predicted molar refractivity (Wildman–Crippen MR) is 84.0 cm³/mol. The molecule has 0 saturated heterocycles. The Balaban J connectivity index is 2.26. The third-order valence-corrected chi connectivity index (χ3v) is 5.62. The van der Waals surface area contributed by atoms with Gasteiger partial charge in [0.25, 0.3) is 0 Å². The molecule has 1 aliphatic carbocycles. The number of benzene rings is 1. The Morgan fingerprint density at radius 3 is 2.38 bits per heavy atom. The summed E-state index contributed by atoms with van der Waals surface area (Å²) in [5, 5.41) is 0.520. The normalized spacial score (nSPS) is 18.0. The summed E-state index contributed by atoms with van der Waals surface area (Å²) in [6, 6.07) is 2.73. The van der Waals surface area contributed by atoms with Gasteiger partial charge >= 0.3 is 6.18 Å². The molecule has 1 aliphatic rings. The molecule has 1 fully saturated rings. The Bertz CT molecular complexity index is 585. The van der Waals surface area contributed by atoms with E-state index >= 15 is 0 Å². The lowest BCUT2D eigenvalue weighted by atomic mass is 10.3. The maximum atomic E-state index is 12.3. The Morgan fingerprint density at radius 2 is 1.86 bits per heavy atom. The van der Waals surface area contributed by atoms with E-state index in [0.29, 0.717) is 24.6 Å². The minimum Gasteiger partial charge on any atom is -0.238 e. The molecule has 0 atom stereocenters. The molecule has 0 N–H and O–H groups in total. The van der Waals surface area contributed by atoms with E-state index in [1.807, 2.05) is 0 Å². The van der Waals surface area contributed by atoms with Crippen LogP contribution in [0, 0.1) is 0 Å². The first-order chi connectivity index (χ1) is 9.61. The lowest BCUT2D eigenvalue weighted by Crippen LogP contribution is -2.10. The molecule has 0 heterocycles. The molecule has 1 nitrogen and oxygen atoms in total. The highest BCUT2D eigenvalue weighted by molar-refractivity contribution is 7.99. The van der Waals surface area contributed by atoms with Crippen molar-refractivity contribution >= 4 is 69.0 Å². The number of rotatable bonds is 4. The lowest BCUT2D eigenvalue weighted by molar-refractivity contribution is -0.105. The fourth-order valence-corrected chi connectivity index (χ4v) is 3.11. The largest absolute Gasteiger partial charge is 0.398 e.